The Hall–Kier alpha value is -1.79. The maximum atomic E-state index is 12.9. The molecule has 0 aliphatic rings. The van der Waals surface area contributed by atoms with Gasteiger partial charge in [0.2, 0.25) is 0 Å². The molecule has 0 heterocycles. The number of alkyl halides is 3. The zero-order valence-corrected chi connectivity index (χ0v) is 9.25. The third kappa shape index (κ3) is 3.35. The normalized spacial score (nSPS) is 13.2. The van der Waals surface area contributed by atoms with Crippen molar-refractivity contribution in [3.05, 3.63) is 29.6 Å². The predicted molar refractivity (Wildman–Crippen MR) is 51.1 cm³/mol. The van der Waals surface area contributed by atoms with Crippen LogP contribution in [0.3, 0.4) is 0 Å². The summed E-state index contributed by atoms with van der Waals surface area (Å²) in [5.74, 6) is -3.37. The molecular formula is C11H9F4O3-. The first-order valence-corrected chi connectivity index (χ1v) is 5.00. The second-order valence-corrected chi connectivity index (χ2v) is 3.47. The highest BCUT2D eigenvalue weighted by molar-refractivity contribution is 5.70. The molecule has 0 amide bonds. The highest BCUT2D eigenvalue weighted by atomic mass is 19.4. The van der Waals surface area contributed by atoms with Gasteiger partial charge in [0, 0.05) is 0 Å². The van der Waals surface area contributed by atoms with Crippen molar-refractivity contribution in [2.45, 2.75) is 25.6 Å². The van der Waals surface area contributed by atoms with Crippen molar-refractivity contribution >= 4 is 5.97 Å². The molecule has 0 N–H and O–H groups in total. The summed E-state index contributed by atoms with van der Waals surface area (Å²) >= 11 is 0. The molecule has 3 nitrogen and oxygen atoms in total. The number of carboxylic acids is 1. The molecule has 0 saturated carbocycles. The Morgan fingerprint density at radius 3 is 2.50 bits per heavy atom. The molecule has 0 fully saturated rings. The van der Waals surface area contributed by atoms with Gasteiger partial charge < -0.3 is 14.6 Å². The molecule has 0 aliphatic carbocycles. The zero-order chi connectivity index (χ0) is 13.9. The summed E-state index contributed by atoms with van der Waals surface area (Å²) in [5, 5.41) is 10.6. The lowest BCUT2D eigenvalue weighted by atomic mass is 10.2. The number of hydrogen-bond donors (Lipinski definition) is 0. The van der Waals surface area contributed by atoms with Crippen LogP contribution in [0, 0.1) is 5.82 Å². The molecule has 1 aromatic rings. The fraction of sp³-hybridized carbons (Fsp3) is 0.364. The highest BCUT2D eigenvalue weighted by Crippen LogP contribution is 2.33. The van der Waals surface area contributed by atoms with E-state index in [2.05, 4.69) is 0 Å². The number of carbonyl (C=O) groups excluding carboxylic acids is 1. The number of hydrogen-bond acceptors (Lipinski definition) is 3. The van der Waals surface area contributed by atoms with E-state index in [-0.39, 0.29) is 12.2 Å². The Bertz CT molecular complexity index is 442. The smallest absolute Gasteiger partial charge is 0.419 e. The molecule has 0 unspecified atom stereocenters. The van der Waals surface area contributed by atoms with Gasteiger partial charge in [-0.25, -0.2) is 4.39 Å². The van der Waals surface area contributed by atoms with E-state index in [1.807, 2.05) is 0 Å². The summed E-state index contributed by atoms with van der Waals surface area (Å²) in [6.45, 7) is 1.47. The van der Waals surface area contributed by atoms with Gasteiger partial charge in [-0.1, -0.05) is 6.92 Å². The minimum absolute atomic E-state index is 0.0149. The average Bonchev–Trinajstić information content (AvgIpc) is 2.25. The first-order valence-electron chi connectivity index (χ1n) is 5.00. The Balaban J connectivity index is 3.02. The van der Waals surface area contributed by atoms with Gasteiger partial charge in [-0.15, -0.1) is 0 Å². The molecule has 0 bridgehead atoms. The molecule has 0 radical (unpaired) electrons. The number of halogens is 4. The van der Waals surface area contributed by atoms with E-state index in [1.54, 1.807) is 0 Å². The summed E-state index contributed by atoms with van der Waals surface area (Å²) in [4.78, 5) is 10.6. The molecule has 0 spiro atoms. The Kier molecular flexibility index (Phi) is 4.15. The maximum Gasteiger partial charge on any atom is 0.419 e. The van der Waals surface area contributed by atoms with E-state index >= 15 is 0 Å². The largest absolute Gasteiger partial charge is 0.546 e. The van der Waals surface area contributed by atoms with Crippen molar-refractivity contribution in [3.63, 3.8) is 0 Å². The van der Waals surface area contributed by atoms with E-state index in [1.165, 1.54) is 6.92 Å². The molecule has 0 aliphatic heterocycles. The third-order valence-electron chi connectivity index (χ3n) is 2.16. The Morgan fingerprint density at radius 1 is 1.44 bits per heavy atom. The van der Waals surface area contributed by atoms with Gasteiger partial charge in [0.25, 0.3) is 0 Å². The van der Waals surface area contributed by atoms with Crippen LogP contribution in [0.25, 0.3) is 0 Å². The molecule has 0 aromatic heterocycles. The van der Waals surface area contributed by atoms with Gasteiger partial charge >= 0.3 is 6.18 Å². The lowest BCUT2D eigenvalue weighted by Crippen LogP contribution is -2.39. The number of benzene rings is 1. The van der Waals surface area contributed by atoms with Crippen molar-refractivity contribution in [2.75, 3.05) is 0 Å². The molecule has 0 saturated heterocycles. The number of ether oxygens (including phenoxy) is 1. The molecule has 1 aromatic carbocycles. The van der Waals surface area contributed by atoms with Crippen LogP contribution in [0.4, 0.5) is 17.6 Å². The monoisotopic (exact) mass is 265 g/mol. The van der Waals surface area contributed by atoms with Crippen molar-refractivity contribution in [2.24, 2.45) is 0 Å². The molecular weight excluding hydrogens is 256 g/mol. The quantitative estimate of drug-likeness (QED) is 0.779. The summed E-state index contributed by atoms with van der Waals surface area (Å²) in [6, 6.07) is 1.91. The number of rotatable bonds is 4. The highest BCUT2D eigenvalue weighted by Gasteiger charge is 2.34. The topological polar surface area (TPSA) is 49.4 Å². The second kappa shape index (κ2) is 5.24. The van der Waals surface area contributed by atoms with Crippen LogP contribution in [0.5, 0.6) is 5.75 Å². The minimum Gasteiger partial charge on any atom is -0.546 e. The van der Waals surface area contributed by atoms with Crippen LogP contribution in [0.15, 0.2) is 18.2 Å². The van der Waals surface area contributed by atoms with Crippen molar-refractivity contribution in [1.29, 1.82) is 0 Å². The van der Waals surface area contributed by atoms with Crippen LogP contribution in [0.1, 0.15) is 18.9 Å². The second-order valence-electron chi connectivity index (χ2n) is 3.47. The van der Waals surface area contributed by atoms with Crippen LogP contribution in [0.2, 0.25) is 0 Å². The lowest BCUT2D eigenvalue weighted by molar-refractivity contribution is -0.313. The predicted octanol–water partition coefficient (Wildman–Crippen LogP) is 1.75. The van der Waals surface area contributed by atoms with E-state index in [4.69, 9.17) is 4.74 Å². The molecule has 100 valence electrons. The molecule has 1 atom stereocenters. The van der Waals surface area contributed by atoms with Crippen LogP contribution < -0.4 is 9.84 Å². The van der Waals surface area contributed by atoms with E-state index in [0.29, 0.717) is 12.1 Å². The van der Waals surface area contributed by atoms with Crippen LogP contribution in [-0.2, 0) is 11.0 Å². The van der Waals surface area contributed by atoms with Crippen LogP contribution >= 0.6 is 0 Å². The fourth-order valence-corrected chi connectivity index (χ4v) is 1.26. The first-order chi connectivity index (χ1) is 8.25. The van der Waals surface area contributed by atoms with Gasteiger partial charge in [0.1, 0.15) is 17.7 Å². The molecule has 7 heteroatoms. The Labute approximate surface area is 100.0 Å². The summed E-state index contributed by atoms with van der Waals surface area (Å²) in [7, 11) is 0. The molecule has 1 rings (SSSR count). The average molecular weight is 265 g/mol. The first kappa shape index (κ1) is 14.3. The maximum absolute atomic E-state index is 12.9. The van der Waals surface area contributed by atoms with Crippen molar-refractivity contribution in [3.8, 4) is 5.75 Å². The van der Waals surface area contributed by atoms with Gasteiger partial charge in [0.05, 0.1) is 11.5 Å². The number of carboxylic acid groups (broad SMARTS) is 1. The van der Waals surface area contributed by atoms with E-state index in [9.17, 15) is 27.5 Å². The minimum atomic E-state index is -4.87. The van der Waals surface area contributed by atoms with E-state index < -0.39 is 29.6 Å². The zero-order valence-electron chi connectivity index (χ0n) is 9.25. The van der Waals surface area contributed by atoms with Gasteiger partial charge in [-0.05, 0) is 24.6 Å². The van der Waals surface area contributed by atoms with Gasteiger partial charge in [-0.2, -0.15) is 13.2 Å². The summed E-state index contributed by atoms with van der Waals surface area (Å²) in [6.07, 6.45) is -6.23. The van der Waals surface area contributed by atoms with E-state index in [0.717, 1.165) is 6.07 Å². The number of aliphatic carboxylic acids is 1. The van der Waals surface area contributed by atoms with Gasteiger partial charge in [-0.3, -0.25) is 0 Å². The summed E-state index contributed by atoms with van der Waals surface area (Å²) in [5.41, 5.74) is -1.51. The van der Waals surface area contributed by atoms with Gasteiger partial charge in [0.15, 0.2) is 0 Å². The standard InChI is InChI=1S/C11H10F4O3/c1-2-9(10(16)17)18-6-3-4-8(12)7(5-6)11(13,14)15/h3-5,9H,2H2,1H3,(H,16,17)/p-1/t9-/m0/s1. The third-order valence-corrected chi connectivity index (χ3v) is 2.16. The Morgan fingerprint density at radius 2 is 2.06 bits per heavy atom. The fourth-order valence-electron chi connectivity index (χ4n) is 1.26. The summed E-state index contributed by atoms with van der Waals surface area (Å²) < 4.78 is 54.9. The van der Waals surface area contributed by atoms with Crippen molar-refractivity contribution in [1.82, 2.24) is 0 Å². The van der Waals surface area contributed by atoms with Crippen LogP contribution in [-0.4, -0.2) is 12.1 Å². The SMILES string of the molecule is CC[C@H](Oc1ccc(F)c(C(F)(F)F)c1)C(=O)[O-]. The molecule has 18 heavy (non-hydrogen) atoms. The van der Waals surface area contributed by atoms with Crippen molar-refractivity contribution < 1.29 is 32.2 Å². The lowest BCUT2D eigenvalue weighted by Gasteiger charge is -2.19. The number of carbonyl (C=O) groups is 1.